The Morgan fingerprint density at radius 1 is 1.48 bits per heavy atom. The quantitative estimate of drug-likeness (QED) is 0.804. The zero-order valence-corrected chi connectivity index (χ0v) is 14.9. The van der Waals surface area contributed by atoms with Gasteiger partial charge >= 0.3 is 0 Å². The third-order valence-electron chi connectivity index (χ3n) is 4.66. The van der Waals surface area contributed by atoms with Gasteiger partial charge in [0, 0.05) is 30.5 Å². The second-order valence-corrected chi connectivity index (χ2v) is 7.15. The maximum atomic E-state index is 12.5. The molecule has 6 heteroatoms. The number of carbonyl (C=O) groups excluding carboxylic acids is 1. The highest BCUT2D eigenvalue weighted by Crippen LogP contribution is 2.34. The lowest BCUT2D eigenvalue weighted by molar-refractivity contribution is -0.132. The van der Waals surface area contributed by atoms with Crippen LogP contribution in [0.4, 0.5) is 0 Å². The maximum Gasteiger partial charge on any atom is 0.261 e. The van der Waals surface area contributed by atoms with Gasteiger partial charge < -0.3 is 4.90 Å². The van der Waals surface area contributed by atoms with E-state index in [4.69, 9.17) is 0 Å². The molecule has 0 aliphatic heterocycles. The van der Waals surface area contributed by atoms with Gasteiger partial charge in [-0.25, -0.2) is 4.98 Å². The van der Waals surface area contributed by atoms with E-state index in [2.05, 4.69) is 27.8 Å². The third kappa shape index (κ3) is 3.47. The van der Waals surface area contributed by atoms with Crippen molar-refractivity contribution in [3.8, 4) is 0 Å². The minimum Gasteiger partial charge on any atom is -0.343 e. The first-order chi connectivity index (χ1) is 11.0. The number of halogens is 1. The average Bonchev–Trinajstić information content (AvgIpc) is 3.38. The van der Waals surface area contributed by atoms with Gasteiger partial charge in [0.15, 0.2) is 0 Å². The van der Waals surface area contributed by atoms with Crippen LogP contribution in [0.2, 0.25) is 0 Å². The lowest BCUT2D eigenvalue weighted by atomic mass is 10.2. The number of benzene rings is 1. The second-order valence-electron chi connectivity index (χ2n) is 6.24. The van der Waals surface area contributed by atoms with Crippen molar-refractivity contribution >= 4 is 32.7 Å². The molecule has 1 fully saturated rings. The largest absolute Gasteiger partial charge is 0.343 e. The molecule has 1 aliphatic rings. The van der Waals surface area contributed by atoms with Crippen molar-refractivity contribution in [2.75, 3.05) is 7.05 Å². The number of nitrogens with zero attached hydrogens (tertiary/aromatic N) is 3. The topological polar surface area (TPSA) is 55.2 Å². The smallest absolute Gasteiger partial charge is 0.261 e. The molecule has 0 radical (unpaired) electrons. The Kier molecular flexibility index (Phi) is 4.53. The number of aromatic nitrogens is 2. The fraction of sp³-hybridized carbons (Fsp3) is 0.471. The first-order valence-electron chi connectivity index (χ1n) is 7.87. The molecule has 0 spiro atoms. The molecule has 3 rings (SSSR count). The fourth-order valence-corrected chi connectivity index (χ4v) is 3.17. The summed E-state index contributed by atoms with van der Waals surface area (Å²) in [4.78, 5) is 30.9. The van der Waals surface area contributed by atoms with E-state index in [1.165, 1.54) is 23.7 Å². The van der Waals surface area contributed by atoms with Gasteiger partial charge in [0.25, 0.3) is 5.56 Å². The SMILES string of the molecule is CC(C1CC1)N(C)C(=O)CCn1cnc2ccc(Br)cc2c1=O. The van der Waals surface area contributed by atoms with Crippen molar-refractivity contribution < 1.29 is 4.79 Å². The minimum absolute atomic E-state index is 0.0747. The standard InChI is InChI=1S/C17H20BrN3O2/c1-11(12-3-4-12)20(2)16(22)7-8-21-10-19-15-6-5-13(18)9-14(15)17(21)23/h5-6,9-12H,3-4,7-8H2,1-2H3. The number of fused-ring (bicyclic) bond motifs is 1. The van der Waals surface area contributed by atoms with Crippen molar-refractivity contribution in [2.24, 2.45) is 5.92 Å². The molecule has 5 nitrogen and oxygen atoms in total. The summed E-state index contributed by atoms with van der Waals surface area (Å²) < 4.78 is 2.36. The molecule has 1 aromatic carbocycles. The minimum atomic E-state index is -0.109. The molecule has 23 heavy (non-hydrogen) atoms. The van der Waals surface area contributed by atoms with E-state index in [-0.39, 0.29) is 17.5 Å². The Hall–Kier alpha value is -1.69. The van der Waals surface area contributed by atoms with Gasteiger partial charge in [0.05, 0.1) is 17.2 Å². The monoisotopic (exact) mass is 377 g/mol. The molecule has 0 N–H and O–H groups in total. The summed E-state index contributed by atoms with van der Waals surface area (Å²) >= 11 is 3.37. The molecular formula is C17H20BrN3O2. The number of hydrogen-bond acceptors (Lipinski definition) is 3. The van der Waals surface area contributed by atoms with E-state index in [0.29, 0.717) is 29.8 Å². The van der Waals surface area contributed by atoms with E-state index < -0.39 is 0 Å². The van der Waals surface area contributed by atoms with E-state index in [1.54, 1.807) is 12.1 Å². The van der Waals surface area contributed by atoms with Crippen LogP contribution in [-0.2, 0) is 11.3 Å². The van der Waals surface area contributed by atoms with E-state index in [9.17, 15) is 9.59 Å². The summed E-state index contributed by atoms with van der Waals surface area (Å²) in [5.41, 5.74) is 0.558. The van der Waals surface area contributed by atoms with Crippen LogP contribution in [0.1, 0.15) is 26.2 Å². The maximum absolute atomic E-state index is 12.5. The predicted molar refractivity (Wildman–Crippen MR) is 93.3 cm³/mol. The predicted octanol–water partition coefficient (Wildman–Crippen LogP) is 2.81. The molecule has 1 saturated carbocycles. The zero-order valence-electron chi connectivity index (χ0n) is 13.3. The van der Waals surface area contributed by atoms with Gasteiger partial charge in [-0.15, -0.1) is 0 Å². The van der Waals surface area contributed by atoms with Crippen LogP contribution in [0.3, 0.4) is 0 Å². The Labute approximate surface area is 143 Å². The molecular weight excluding hydrogens is 358 g/mol. The normalized spacial score (nSPS) is 15.6. The fourth-order valence-electron chi connectivity index (χ4n) is 2.80. The first-order valence-corrected chi connectivity index (χ1v) is 8.67. The first kappa shape index (κ1) is 16.2. The third-order valence-corrected chi connectivity index (χ3v) is 5.15. The van der Waals surface area contributed by atoms with Gasteiger partial charge in [-0.2, -0.15) is 0 Å². The summed E-state index contributed by atoms with van der Waals surface area (Å²) in [6.45, 7) is 2.45. The number of aryl methyl sites for hydroxylation is 1. The molecule has 1 heterocycles. The summed E-state index contributed by atoms with van der Waals surface area (Å²) in [6, 6.07) is 5.72. The summed E-state index contributed by atoms with van der Waals surface area (Å²) in [6.07, 6.45) is 4.26. The highest BCUT2D eigenvalue weighted by Gasteiger charge is 2.32. The lowest BCUT2D eigenvalue weighted by Crippen LogP contribution is -2.37. The molecule has 1 atom stereocenters. The van der Waals surface area contributed by atoms with E-state index in [0.717, 1.165) is 4.47 Å². The van der Waals surface area contributed by atoms with Crippen molar-refractivity contribution in [1.82, 2.24) is 14.5 Å². The van der Waals surface area contributed by atoms with Crippen molar-refractivity contribution in [1.29, 1.82) is 0 Å². The summed E-state index contributed by atoms with van der Waals surface area (Å²) in [7, 11) is 1.85. The molecule has 0 saturated heterocycles. The van der Waals surface area contributed by atoms with Crippen LogP contribution in [-0.4, -0.2) is 33.4 Å². The van der Waals surface area contributed by atoms with Crippen LogP contribution in [0.25, 0.3) is 10.9 Å². The average molecular weight is 378 g/mol. The molecule has 1 aliphatic carbocycles. The highest BCUT2D eigenvalue weighted by molar-refractivity contribution is 9.10. The number of amides is 1. The molecule has 122 valence electrons. The van der Waals surface area contributed by atoms with Crippen molar-refractivity contribution in [3.05, 3.63) is 39.4 Å². The van der Waals surface area contributed by atoms with Gasteiger partial charge in [-0.3, -0.25) is 14.2 Å². The molecule has 1 unspecified atom stereocenters. The number of hydrogen-bond donors (Lipinski definition) is 0. The Balaban J connectivity index is 1.73. The van der Waals surface area contributed by atoms with Crippen LogP contribution >= 0.6 is 15.9 Å². The Morgan fingerprint density at radius 3 is 2.91 bits per heavy atom. The molecule has 0 bridgehead atoms. The highest BCUT2D eigenvalue weighted by atomic mass is 79.9. The zero-order chi connectivity index (χ0) is 16.6. The second kappa shape index (κ2) is 6.43. The Bertz CT molecular complexity index is 798. The number of carbonyl (C=O) groups is 1. The number of rotatable bonds is 5. The van der Waals surface area contributed by atoms with Gasteiger partial charge in [0.1, 0.15) is 0 Å². The van der Waals surface area contributed by atoms with Crippen molar-refractivity contribution in [3.63, 3.8) is 0 Å². The van der Waals surface area contributed by atoms with Crippen molar-refractivity contribution in [2.45, 2.75) is 38.8 Å². The Morgan fingerprint density at radius 2 is 2.22 bits per heavy atom. The van der Waals surface area contributed by atoms with E-state index >= 15 is 0 Å². The molecule has 1 aromatic heterocycles. The van der Waals surface area contributed by atoms with Crippen LogP contribution < -0.4 is 5.56 Å². The summed E-state index contributed by atoms with van der Waals surface area (Å²) in [5.74, 6) is 0.719. The van der Waals surface area contributed by atoms with Gasteiger partial charge in [0.2, 0.25) is 5.91 Å². The van der Waals surface area contributed by atoms with Gasteiger partial charge in [-0.1, -0.05) is 15.9 Å². The van der Waals surface area contributed by atoms with Gasteiger partial charge in [-0.05, 0) is 43.9 Å². The summed E-state index contributed by atoms with van der Waals surface area (Å²) in [5, 5.41) is 0.564. The van der Waals surface area contributed by atoms with Crippen LogP contribution in [0.15, 0.2) is 33.8 Å². The lowest BCUT2D eigenvalue weighted by Gasteiger charge is -2.25. The molecule has 2 aromatic rings. The van der Waals surface area contributed by atoms with Crippen LogP contribution in [0.5, 0.6) is 0 Å². The van der Waals surface area contributed by atoms with E-state index in [1.807, 2.05) is 18.0 Å². The van der Waals surface area contributed by atoms with Crippen LogP contribution in [0, 0.1) is 5.92 Å². The molecule has 1 amide bonds.